The van der Waals surface area contributed by atoms with Gasteiger partial charge in [-0.05, 0) is 0 Å². The minimum absolute atomic E-state index is 0. The first kappa shape index (κ1) is 44.9. The van der Waals surface area contributed by atoms with E-state index in [4.69, 9.17) is 47.3 Å². The van der Waals surface area contributed by atoms with Gasteiger partial charge < -0.3 is 47.3 Å². The largest absolute Gasteiger partial charge is 4.00 e. The minimum Gasteiger partial charge on any atom is -0.512 e. The molecule has 0 unspecified atom stereocenters. The van der Waals surface area contributed by atoms with E-state index in [1.807, 2.05) is 0 Å². The van der Waals surface area contributed by atoms with Gasteiger partial charge in [0.05, 0.1) is 0 Å². The quantitative estimate of drug-likeness (QED) is 0.465. The summed E-state index contributed by atoms with van der Waals surface area (Å²) < 4.78 is 0. The molecular weight excluding hydrogens is 311 g/mol. The van der Waals surface area contributed by atoms with E-state index < -0.39 is 0 Å². The third-order valence-electron chi connectivity index (χ3n) is 0. The second-order valence-electron chi connectivity index (χ2n) is 0. The van der Waals surface area contributed by atoms with Crippen LogP contribution in [-0.2, 0) is 0 Å². The van der Waals surface area contributed by atoms with Crippen molar-refractivity contribution in [2.75, 3.05) is 0 Å². The smallest absolute Gasteiger partial charge is 0.512 e. The Labute approximate surface area is 74.7 Å². The van der Waals surface area contributed by atoms with Crippen molar-refractivity contribution in [3.63, 3.8) is 0 Å². The molecular formula is C4N4Pb. The summed E-state index contributed by atoms with van der Waals surface area (Å²) in [5.41, 5.74) is 0. The molecule has 0 amide bonds. The second kappa shape index (κ2) is 191. The zero-order valence-electron chi connectivity index (χ0n) is 4.29. The average molecular weight is 311 g/mol. The summed E-state index contributed by atoms with van der Waals surface area (Å²) in [4.78, 5) is 0. The molecule has 0 N–H and O–H groups in total. The Morgan fingerprint density at radius 1 is 0.444 bits per heavy atom. The van der Waals surface area contributed by atoms with E-state index in [1.54, 1.807) is 0 Å². The molecule has 4 nitrogen and oxygen atoms in total. The van der Waals surface area contributed by atoms with E-state index in [0.29, 0.717) is 0 Å². The van der Waals surface area contributed by atoms with E-state index >= 15 is 0 Å². The molecule has 0 aromatic carbocycles. The van der Waals surface area contributed by atoms with Crippen LogP contribution in [0.4, 0.5) is 0 Å². The van der Waals surface area contributed by atoms with Crippen molar-refractivity contribution < 1.29 is 0 Å². The Morgan fingerprint density at radius 3 is 0.444 bits per heavy atom. The second-order valence-corrected chi connectivity index (χ2v) is 0. The first-order valence-electron chi connectivity index (χ1n) is 0.894. The molecule has 40 valence electrons. The van der Waals surface area contributed by atoms with Gasteiger partial charge in [0, 0.05) is 0 Å². The zero-order chi connectivity index (χ0) is 8.00. The van der Waals surface area contributed by atoms with Gasteiger partial charge in [0.1, 0.15) is 0 Å². The van der Waals surface area contributed by atoms with Crippen LogP contribution in [0.3, 0.4) is 0 Å². The number of hydrogen-bond acceptors (Lipinski definition) is 4. The van der Waals surface area contributed by atoms with Crippen molar-refractivity contribution in [1.29, 1.82) is 21.0 Å². The zero-order valence-corrected chi connectivity index (χ0v) is 8.18. The van der Waals surface area contributed by atoms with Crippen LogP contribution in [0.1, 0.15) is 0 Å². The molecule has 0 fully saturated rings. The third kappa shape index (κ3) is 131. The van der Waals surface area contributed by atoms with Gasteiger partial charge >= 0.3 is 27.3 Å². The van der Waals surface area contributed by atoms with Crippen molar-refractivity contribution in [1.82, 2.24) is 0 Å². The van der Waals surface area contributed by atoms with Crippen LogP contribution in [0.2, 0.25) is 0 Å². The Bertz CT molecular complexity index is 55.5. The van der Waals surface area contributed by atoms with E-state index in [-0.39, 0.29) is 27.3 Å². The Kier molecular flexibility index (Phi) is 951. The van der Waals surface area contributed by atoms with Crippen LogP contribution in [-0.4, -0.2) is 27.3 Å². The number of nitrogens with zero attached hydrogens (tertiary/aromatic N) is 4. The minimum atomic E-state index is 0. The molecule has 0 spiro atoms. The SMILES string of the molecule is [C-]#N.[C-]#N.[C-]#N.[C-]#N.[Pb+4]. The fraction of sp³-hybridized carbons (Fsp3) is 0. The summed E-state index contributed by atoms with van der Waals surface area (Å²) >= 11 is 0. The van der Waals surface area contributed by atoms with Gasteiger partial charge in [0.2, 0.25) is 0 Å². The molecule has 0 saturated heterocycles. The molecule has 0 aromatic rings. The molecule has 0 rings (SSSR count). The first-order valence-corrected chi connectivity index (χ1v) is 0.894. The maximum atomic E-state index is 6.25. The molecule has 0 saturated carbocycles. The van der Waals surface area contributed by atoms with Crippen LogP contribution in [0.5, 0.6) is 0 Å². The van der Waals surface area contributed by atoms with Gasteiger partial charge in [-0.3, -0.25) is 0 Å². The summed E-state index contributed by atoms with van der Waals surface area (Å²) in [5.74, 6) is 0. The third-order valence-corrected chi connectivity index (χ3v) is 0. The van der Waals surface area contributed by atoms with Crippen LogP contribution < -0.4 is 0 Å². The van der Waals surface area contributed by atoms with Gasteiger partial charge in [-0.2, -0.15) is 0 Å². The summed E-state index contributed by atoms with van der Waals surface area (Å²) in [6.07, 6.45) is 0. The molecule has 0 aliphatic carbocycles. The van der Waals surface area contributed by atoms with Crippen LogP contribution in [0.15, 0.2) is 0 Å². The van der Waals surface area contributed by atoms with Gasteiger partial charge in [-0.1, -0.05) is 0 Å². The molecule has 0 atom stereocenters. The van der Waals surface area contributed by atoms with E-state index in [0.717, 1.165) is 0 Å². The van der Waals surface area contributed by atoms with Crippen LogP contribution in [0, 0.1) is 47.3 Å². The van der Waals surface area contributed by atoms with Gasteiger partial charge in [0.15, 0.2) is 0 Å². The van der Waals surface area contributed by atoms with Crippen LogP contribution >= 0.6 is 0 Å². The van der Waals surface area contributed by atoms with Gasteiger partial charge in [0.25, 0.3) is 0 Å². The Balaban J connectivity index is -0.00000000762. The summed E-state index contributed by atoms with van der Waals surface area (Å²) in [5, 5.41) is 25.0. The number of rotatable bonds is 0. The topological polar surface area (TPSA) is 95.2 Å². The molecule has 0 aliphatic rings. The average Bonchev–Trinajstić information content (AvgIpc) is 2.03. The normalized spacial score (nSPS) is 0.889. The van der Waals surface area contributed by atoms with E-state index in [1.165, 1.54) is 0 Å². The molecule has 9 heavy (non-hydrogen) atoms. The summed E-state index contributed by atoms with van der Waals surface area (Å²) in [6, 6.07) is 0. The predicted octanol–water partition coefficient (Wildman–Crippen LogP) is 0.00468. The maximum Gasteiger partial charge on any atom is 4.00 e. The molecule has 0 radical (unpaired) electrons. The predicted molar refractivity (Wildman–Crippen MR) is 25.6 cm³/mol. The fourth-order valence-electron chi connectivity index (χ4n) is 0. The van der Waals surface area contributed by atoms with E-state index in [9.17, 15) is 0 Å². The van der Waals surface area contributed by atoms with Crippen molar-refractivity contribution in [2.45, 2.75) is 0 Å². The van der Waals surface area contributed by atoms with E-state index in [2.05, 4.69) is 0 Å². The summed E-state index contributed by atoms with van der Waals surface area (Å²) in [7, 11) is 0. The van der Waals surface area contributed by atoms with Crippen molar-refractivity contribution >= 4 is 27.3 Å². The summed E-state index contributed by atoms with van der Waals surface area (Å²) in [6.45, 7) is 19.0. The van der Waals surface area contributed by atoms with Crippen LogP contribution in [0.25, 0.3) is 0 Å². The molecule has 0 heterocycles. The molecule has 5 heteroatoms. The Morgan fingerprint density at radius 2 is 0.444 bits per heavy atom. The maximum absolute atomic E-state index is 6.25. The fourth-order valence-corrected chi connectivity index (χ4v) is 0. The molecule has 0 aromatic heterocycles. The first-order chi connectivity index (χ1) is 4.00. The standard InChI is InChI=1S/4CN.Pb/c4*1-2;/q4*-1;+4. The van der Waals surface area contributed by atoms with Crippen molar-refractivity contribution in [3.05, 3.63) is 26.3 Å². The molecule has 0 bridgehead atoms. The van der Waals surface area contributed by atoms with Crippen molar-refractivity contribution in [3.8, 4) is 0 Å². The number of hydrogen-bond donors (Lipinski definition) is 0. The monoisotopic (exact) mass is 312 g/mol. The van der Waals surface area contributed by atoms with Gasteiger partial charge in [-0.25, -0.2) is 0 Å². The van der Waals surface area contributed by atoms with Gasteiger partial charge in [-0.15, -0.1) is 0 Å². The molecule has 0 aliphatic heterocycles. The Hall–Kier alpha value is -1.12. The van der Waals surface area contributed by atoms with Crippen molar-refractivity contribution in [2.24, 2.45) is 0 Å².